The van der Waals surface area contributed by atoms with Crippen LogP contribution < -0.4 is 11.1 Å². The first-order valence-electron chi connectivity index (χ1n) is 5.75. The molecule has 104 valence electrons. The van der Waals surface area contributed by atoms with E-state index >= 15 is 0 Å². The second-order valence-electron chi connectivity index (χ2n) is 4.10. The van der Waals surface area contributed by atoms with Gasteiger partial charge in [0.05, 0.1) is 5.69 Å². The molecule has 0 fully saturated rings. The number of halogens is 3. The van der Waals surface area contributed by atoms with Gasteiger partial charge in [0.25, 0.3) is 5.91 Å². The molecule has 6 heteroatoms. The van der Waals surface area contributed by atoms with Gasteiger partial charge in [-0.1, -0.05) is 29.8 Å². The summed E-state index contributed by atoms with van der Waals surface area (Å²) in [5.41, 5.74) is 4.98. The number of carbonyl (C=O) groups excluding carboxylic acids is 1. The Morgan fingerprint density at radius 3 is 2.60 bits per heavy atom. The number of nitrogen functional groups attached to an aromatic ring is 1. The number of amides is 1. The van der Waals surface area contributed by atoms with Gasteiger partial charge in [0.1, 0.15) is 11.4 Å². The summed E-state index contributed by atoms with van der Waals surface area (Å²) < 4.78 is 27.2. The number of rotatable bonds is 3. The second-order valence-corrected chi connectivity index (χ2v) is 4.51. The molecule has 2 aromatic carbocycles. The lowest BCUT2D eigenvalue weighted by molar-refractivity contribution is 0.0942. The first kappa shape index (κ1) is 14.3. The molecule has 1 amide bonds. The highest BCUT2D eigenvalue weighted by Crippen LogP contribution is 2.19. The molecular formula is C14H11ClF2N2O. The van der Waals surface area contributed by atoms with Crippen LogP contribution >= 0.6 is 11.6 Å². The maximum atomic E-state index is 13.7. The maximum absolute atomic E-state index is 13.7. The molecule has 0 aliphatic heterocycles. The van der Waals surface area contributed by atoms with Gasteiger partial charge in [-0.25, -0.2) is 8.78 Å². The van der Waals surface area contributed by atoms with Gasteiger partial charge in [-0.2, -0.15) is 0 Å². The molecule has 0 spiro atoms. The lowest BCUT2D eigenvalue weighted by atomic mass is 10.1. The lowest BCUT2D eigenvalue weighted by Crippen LogP contribution is -2.25. The second kappa shape index (κ2) is 5.88. The molecule has 0 bridgehead atoms. The highest BCUT2D eigenvalue weighted by Gasteiger charge is 2.19. The highest BCUT2D eigenvalue weighted by atomic mass is 35.5. The van der Waals surface area contributed by atoms with Crippen LogP contribution in [0.5, 0.6) is 0 Å². The van der Waals surface area contributed by atoms with Crippen molar-refractivity contribution in [3.05, 3.63) is 64.2 Å². The van der Waals surface area contributed by atoms with Crippen LogP contribution in [0.2, 0.25) is 5.02 Å². The summed E-state index contributed by atoms with van der Waals surface area (Å²) in [6.45, 7) is 0.0617. The SMILES string of the molecule is Nc1ccc(F)c(C(=O)NCc2ccccc2Cl)c1F. The van der Waals surface area contributed by atoms with Crippen molar-refractivity contribution in [2.45, 2.75) is 6.54 Å². The maximum Gasteiger partial charge on any atom is 0.257 e. The van der Waals surface area contributed by atoms with Crippen LogP contribution in [0, 0.1) is 11.6 Å². The normalized spacial score (nSPS) is 10.3. The molecule has 0 saturated carbocycles. The quantitative estimate of drug-likeness (QED) is 0.855. The molecule has 0 heterocycles. The molecule has 2 aromatic rings. The zero-order valence-electron chi connectivity index (χ0n) is 10.3. The zero-order chi connectivity index (χ0) is 14.7. The van der Waals surface area contributed by atoms with Crippen LogP contribution in [0.3, 0.4) is 0 Å². The Morgan fingerprint density at radius 1 is 1.20 bits per heavy atom. The summed E-state index contributed by atoms with van der Waals surface area (Å²) in [5.74, 6) is -2.91. The molecule has 0 radical (unpaired) electrons. The van der Waals surface area contributed by atoms with Crippen molar-refractivity contribution in [3.63, 3.8) is 0 Å². The smallest absolute Gasteiger partial charge is 0.257 e. The van der Waals surface area contributed by atoms with Crippen LogP contribution in [-0.4, -0.2) is 5.91 Å². The number of nitrogens with two attached hydrogens (primary N) is 1. The van der Waals surface area contributed by atoms with Crippen molar-refractivity contribution in [2.24, 2.45) is 0 Å². The first-order valence-corrected chi connectivity index (χ1v) is 6.13. The van der Waals surface area contributed by atoms with Crippen molar-refractivity contribution >= 4 is 23.2 Å². The Bertz CT molecular complexity index is 662. The third-order valence-corrected chi connectivity index (χ3v) is 3.11. The fourth-order valence-electron chi connectivity index (χ4n) is 1.68. The Labute approximate surface area is 119 Å². The number of carbonyl (C=O) groups is 1. The summed E-state index contributed by atoms with van der Waals surface area (Å²) in [4.78, 5) is 11.8. The average molecular weight is 297 g/mol. The third kappa shape index (κ3) is 2.88. The Hall–Kier alpha value is -2.14. The van der Waals surface area contributed by atoms with Crippen molar-refractivity contribution in [3.8, 4) is 0 Å². The molecular weight excluding hydrogens is 286 g/mol. The van der Waals surface area contributed by atoms with E-state index in [1.807, 2.05) is 0 Å². The van der Waals surface area contributed by atoms with Crippen molar-refractivity contribution in [1.82, 2.24) is 5.32 Å². The molecule has 0 saturated heterocycles. The van der Waals surface area contributed by atoms with Gasteiger partial charge in [0.15, 0.2) is 5.82 Å². The fourth-order valence-corrected chi connectivity index (χ4v) is 1.88. The summed E-state index contributed by atoms with van der Waals surface area (Å²) in [6.07, 6.45) is 0. The summed E-state index contributed by atoms with van der Waals surface area (Å²) >= 11 is 5.92. The molecule has 20 heavy (non-hydrogen) atoms. The Balaban J connectivity index is 2.18. The fraction of sp³-hybridized carbons (Fsp3) is 0.0714. The van der Waals surface area contributed by atoms with E-state index in [0.717, 1.165) is 12.1 Å². The predicted octanol–water partition coefficient (Wildman–Crippen LogP) is 3.13. The molecule has 2 rings (SSSR count). The summed E-state index contributed by atoms with van der Waals surface area (Å²) in [5, 5.41) is 2.87. The van der Waals surface area contributed by atoms with Gasteiger partial charge < -0.3 is 11.1 Å². The minimum atomic E-state index is -1.07. The summed E-state index contributed by atoms with van der Waals surface area (Å²) in [6, 6.07) is 8.86. The first-order chi connectivity index (χ1) is 9.50. The van der Waals surface area contributed by atoms with Gasteiger partial charge in [-0.05, 0) is 23.8 Å². The van der Waals surface area contributed by atoms with E-state index in [2.05, 4.69) is 5.32 Å². The summed E-state index contributed by atoms with van der Waals surface area (Å²) in [7, 11) is 0. The molecule has 0 aliphatic carbocycles. The molecule has 0 aromatic heterocycles. The zero-order valence-corrected chi connectivity index (χ0v) is 11.0. The highest BCUT2D eigenvalue weighted by molar-refractivity contribution is 6.31. The van der Waals surface area contributed by atoms with Crippen molar-refractivity contribution < 1.29 is 13.6 Å². The number of hydrogen-bond acceptors (Lipinski definition) is 2. The van der Waals surface area contributed by atoms with Gasteiger partial charge in [0.2, 0.25) is 0 Å². The van der Waals surface area contributed by atoms with Gasteiger partial charge in [-0.3, -0.25) is 4.79 Å². The number of benzene rings is 2. The van der Waals surface area contributed by atoms with E-state index in [0.29, 0.717) is 10.6 Å². The minimum Gasteiger partial charge on any atom is -0.396 e. The third-order valence-electron chi connectivity index (χ3n) is 2.75. The standard InChI is InChI=1S/C14H11ClF2N2O/c15-9-4-2-1-3-8(9)7-19-14(20)12-10(16)5-6-11(18)13(12)17/h1-6H,7,18H2,(H,19,20). The van der Waals surface area contributed by atoms with E-state index in [1.165, 1.54) is 0 Å². The van der Waals surface area contributed by atoms with E-state index in [9.17, 15) is 13.6 Å². The molecule has 0 unspecified atom stereocenters. The van der Waals surface area contributed by atoms with Gasteiger partial charge >= 0.3 is 0 Å². The van der Waals surface area contributed by atoms with Crippen LogP contribution in [-0.2, 0) is 6.54 Å². The largest absolute Gasteiger partial charge is 0.396 e. The van der Waals surface area contributed by atoms with Gasteiger partial charge in [0, 0.05) is 11.6 Å². The van der Waals surface area contributed by atoms with E-state index in [-0.39, 0.29) is 12.2 Å². The van der Waals surface area contributed by atoms with E-state index in [4.69, 9.17) is 17.3 Å². The minimum absolute atomic E-state index is 0.0617. The molecule has 3 nitrogen and oxygen atoms in total. The monoisotopic (exact) mass is 296 g/mol. The van der Waals surface area contributed by atoms with Crippen molar-refractivity contribution in [1.29, 1.82) is 0 Å². The average Bonchev–Trinajstić information content (AvgIpc) is 2.42. The molecule has 0 aliphatic rings. The Kier molecular flexibility index (Phi) is 4.20. The predicted molar refractivity (Wildman–Crippen MR) is 73.4 cm³/mol. The van der Waals surface area contributed by atoms with Crippen LogP contribution in [0.25, 0.3) is 0 Å². The molecule has 0 atom stereocenters. The van der Waals surface area contributed by atoms with E-state index < -0.39 is 23.1 Å². The topological polar surface area (TPSA) is 55.1 Å². The number of anilines is 1. The van der Waals surface area contributed by atoms with Crippen LogP contribution in [0.1, 0.15) is 15.9 Å². The number of nitrogens with one attached hydrogen (secondary N) is 1. The van der Waals surface area contributed by atoms with Crippen LogP contribution in [0.4, 0.5) is 14.5 Å². The van der Waals surface area contributed by atoms with Crippen molar-refractivity contribution in [2.75, 3.05) is 5.73 Å². The number of hydrogen-bond donors (Lipinski definition) is 2. The van der Waals surface area contributed by atoms with Crippen LogP contribution in [0.15, 0.2) is 36.4 Å². The van der Waals surface area contributed by atoms with Gasteiger partial charge in [-0.15, -0.1) is 0 Å². The molecule has 3 N–H and O–H groups in total. The van der Waals surface area contributed by atoms with E-state index in [1.54, 1.807) is 24.3 Å². The Morgan fingerprint density at radius 2 is 1.90 bits per heavy atom. The lowest BCUT2D eigenvalue weighted by Gasteiger charge is -2.09.